The van der Waals surface area contributed by atoms with Gasteiger partial charge in [-0.1, -0.05) is 31.2 Å². The minimum Gasteiger partial charge on any atom is -0.348 e. The molecular weight excluding hydrogens is 471 g/mol. The molecule has 34 heavy (non-hydrogen) atoms. The fourth-order valence-corrected chi connectivity index (χ4v) is 5.42. The van der Waals surface area contributed by atoms with Crippen LogP contribution in [0.15, 0.2) is 76.5 Å². The normalized spacial score (nSPS) is 12.3. The number of amides is 1. The van der Waals surface area contributed by atoms with Gasteiger partial charge in [0.1, 0.15) is 12.4 Å². The number of rotatable bonds is 9. The SMILES string of the molecule is CCC(NC(=O)CN(c1cccc(F)c1)S(=O)(=O)c1ccc(SC)cc1)c1ccc(C)c(C)c1. The minimum atomic E-state index is -4.11. The van der Waals surface area contributed by atoms with Crippen LogP contribution in [0, 0.1) is 19.7 Å². The molecule has 5 nitrogen and oxygen atoms in total. The third-order valence-electron chi connectivity index (χ3n) is 5.71. The highest BCUT2D eigenvalue weighted by Gasteiger charge is 2.28. The second-order valence-corrected chi connectivity index (χ2v) is 10.8. The fraction of sp³-hybridized carbons (Fsp3) is 0.269. The Kier molecular flexibility index (Phi) is 8.38. The van der Waals surface area contributed by atoms with Gasteiger partial charge in [0, 0.05) is 4.90 Å². The summed E-state index contributed by atoms with van der Waals surface area (Å²) in [5.41, 5.74) is 3.30. The van der Waals surface area contributed by atoms with Crippen molar-refractivity contribution in [3.8, 4) is 0 Å². The Bertz CT molecular complexity index is 1260. The summed E-state index contributed by atoms with van der Waals surface area (Å²) < 4.78 is 41.9. The standard InChI is InChI=1S/C26H29FN2O3S2/c1-5-25(20-10-9-18(2)19(3)15-20)28-26(30)17-29(22-8-6-7-21(27)16-22)34(31,32)24-13-11-23(33-4)12-14-24/h6-16,25H,5,17H2,1-4H3,(H,28,30). The molecule has 1 N–H and O–H groups in total. The fourth-order valence-electron chi connectivity index (χ4n) is 3.59. The Morgan fingerprint density at radius 2 is 1.74 bits per heavy atom. The average molecular weight is 501 g/mol. The number of anilines is 1. The molecule has 0 aliphatic carbocycles. The maximum atomic E-state index is 14.0. The van der Waals surface area contributed by atoms with Crippen molar-refractivity contribution in [3.63, 3.8) is 0 Å². The molecule has 3 aromatic carbocycles. The van der Waals surface area contributed by atoms with Crippen LogP contribution in [-0.2, 0) is 14.8 Å². The van der Waals surface area contributed by atoms with Crippen molar-refractivity contribution in [3.05, 3.63) is 89.2 Å². The molecule has 3 rings (SSSR count). The van der Waals surface area contributed by atoms with Crippen LogP contribution >= 0.6 is 11.8 Å². The number of carbonyl (C=O) groups is 1. The van der Waals surface area contributed by atoms with Gasteiger partial charge in [-0.3, -0.25) is 9.10 Å². The predicted octanol–water partition coefficient (Wildman–Crippen LogP) is 5.63. The van der Waals surface area contributed by atoms with Crippen molar-refractivity contribution >= 4 is 33.4 Å². The molecule has 0 fully saturated rings. The number of benzene rings is 3. The minimum absolute atomic E-state index is 0.0311. The van der Waals surface area contributed by atoms with Gasteiger partial charge < -0.3 is 5.32 Å². The Balaban J connectivity index is 1.91. The molecule has 0 saturated carbocycles. The lowest BCUT2D eigenvalue weighted by Crippen LogP contribution is -2.42. The number of aryl methyl sites for hydroxylation is 2. The van der Waals surface area contributed by atoms with Crippen molar-refractivity contribution in [2.45, 2.75) is 43.0 Å². The highest BCUT2D eigenvalue weighted by atomic mass is 32.2. The molecule has 0 aromatic heterocycles. The molecular formula is C26H29FN2O3S2. The van der Waals surface area contributed by atoms with Crippen LogP contribution in [0.1, 0.15) is 36.1 Å². The molecule has 1 unspecified atom stereocenters. The van der Waals surface area contributed by atoms with E-state index in [0.29, 0.717) is 6.42 Å². The van der Waals surface area contributed by atoms with E-state index in [-0.39, 0.29) is 16.6 Å². The molecule has 0 heterocycles. The first-order valence-corrected chi connectivity index (χ1v) is 13.6. The first kappa shape index (κ1) is 25.8. The van der Waals surface area contributed by atoms with Gasteiger partial charge in [-0.05, 0) is 85.7 Å². The first-order valence-electron chi connectivity index (χ1n) is 10.9. The highest BCUT2D eigenvalue weighted by Crippen LogP contribution is 2.26. The summed E-state index contributed by atoms with van der Waals surface area (Å²) in [6.45, 7) is 5.51. The van der Waals surface area contributed by atoms with Crippen LogP contribution in [0.25, 0.3) is 0 Å². The van der Waals surface area contributed by atoms with Crippen molar-refractivity contribution in [2.24, 2.45) is 0 Å². The summed E-state index contributed by atoms with van der Waals surface area (Å²) in [5.74, 6) is -1.06. The lowest BCUT2D eigenvalue weighted by molar-refractivity contribution is -0.120. The van der Waals surface area contributed by atoms with Gasteiger partial charge in [0.2, 0.25) is 5.91 Å². The van der Waals surface area contributed by atoms with E-state index in [1.807, 2.05) is 45.2 Å². The Morgan fingerprint density at radius 1 is 1.03 bits per heavy atom. The van der Waals surface area contributed by atoms with Crippen LogP contribution in [-0.4, -0.2) is 27.1 Å². The lowest BCUT2D eigenvalue weighted by Gasteiger charge is -2.26. The van der Waals surface area contributed by atoms with Crippen LogP contribution in [0.4, 0.5) is 10.1 Å². The summed E-state index contributed by atoms with van der Waals surface area (Å²) in [4.78, 5) is 14.0. The quantitative estimate of drug-likeness (QED) is 0.387. The molecule has 0 spiro atoms. The molecule has 0 radical (unpaired) electrons. The van der Waals surface area contributed by atoms with Crippen molar-refractivity contribution in [1.29, 1.82) is 0 Å². The van der Waals surface area contributed by atoms with E-state index in [0.717, 1.165) is 32.0 Å². The van der Waals surface area contributed by atoms with E-state index in [9.17, 15) is 17.6 Å². The maximum Gasteiger partial charge on any atom is 0.264 e. The van der Waals surface area contributed by atoms with Gasteiger partial charge >= 0.3 is 0 Å². The van der Waals surface area contributed by atoms with Crippen molar-refractivity contribution in [2.75, 3.05) is 17.1 Å². The van der Waals surface area contributed by atoms with E-state index in [4.69, 9.17) is 0 Å². The molecule has 8 heteroatoms. The van der Waals surface area contributed by atoms with E-state index in [1.54, 1.807) is 12.1 Å². The van der Waals surface area contributed by atoms with Crippen molar-refractivity contribution in [1.82, 2.24) is 5.32 Å². The number of sulfonamides is 1. The summed E-state index contributed by atoms with van der Waals surface area (Å²) >= 11 is 1.49. The number of hydrogen-bond acceptors (Lipinski definition) is 4. The van der Waals surface area contributed by atoms with E-state index >= 15 is 0 Å². The Labute approximate surface area is 205 Å². The smallest absolute Gasteiger partial charge is 0.264 e. The molecule has 0 aliphatic heterocycles. The second kappa shape index (κ2) is 11.1. The highest BCUT2D eigenvalue weighted by molar-refractivity contribution is 7.98. The molecule has 3 aromatic rings. The third-order valence-corrected chi connectivity index (χ3v) is 8.24. The zero-order valence-electron chi connectivity index (χ0n) is 19.7. The molecule has 1 atom stereocenters. The van der Waals surface area contributed by atoms with Crippen molar-refractivity contribution < 1.29 is 17.6 Å². The van der Waals surface area contributed by atoms with Gasteiger partial charge in [-0.2, -0.15) is 0 Å². The average Bonchev–Trinajstić information content (AvgIpc) is 2.82. The van der Waals surface area contributed by atoms with Gasteiger partial charge in [0.05, 0.1) is 16.6 Å². The van der Waals surface area contributed by atoms with Crippen LogP contribution < -0.4 is 9.62 Å². The monoisotopic (exact) mass is 500 g/mol. The van der Waals surface area contributed by atoms with Gasteiger partial charge in [-0.25, -0.2) is 12.8 Å². The Hall–Kier alpha value is -2.84. The van der Waals surface area contributed by atoms with Crippen LogP contribution in [0.5, 0.6) is 0 Å². The largest absolute Gasteiger partial charge is 0.348 e. The summed E-state index contributed by atoms with van der Waals surface area (Å²) in [6, 6.07) is 17.4. The summed E-state index contributed by atoms with van der Waals surface area (Å²) in [6.07, 6.45) is 2.53. The molecule has 180 valence electrons. The second-order valence-electron chi connectivity index (χ2n) is 8.04. The topological polar surface area (TPSA) is 66.5 Å². The number of carbonyl (C=O) groups excluding carboxylic acids is 1. The van der Waals surface area contributed by atoms with Gasteiger partial charge in [0.15, 0.2) is 0 Å². The first-order chi connectivity index (χ1) is 16.1. The Morgan fingerprint density at radius 3 is 2.32 bits per heavy atom. The van der Waals surface area contributed by atoms with Crippen LogP contribution in [0.3, 0.4) is 0 Å². The van der Waals surface area contributed by atoms with E-state index in [2.05, 4.69) is 5.32 Å². The predicted molar refractivity (Wildman–Crippen MR) is 136 cm³/mol. The summed E-state index contributed by atoms with van der Waals surface area (Å²) in [7, 11) is -4.11. The zero-order valence-corrected chi connectivity index (χ0v) is 21.3. The number of halogens is 1. The van der Waals surface area contributed by atoms with Gasteiger partial charge in [0.25, 0.3) is 10.0 Å². The van der Waals surface area contributed by atoms with Crippen LogP contribution in [0.2, 0.25) is 0 Å². The molecule has 0 saturated heterocycles. The molecule has 0 aliphatic rings. The number of thioether (sulfide) groups is 1. The maximum absolute atomic E-state index is 14.0. The number of nitrogens with zero attached hydrogens (tertiary/aromatic N) is 1. The number of hydrogen-bond donors (Lipinski definition) is 1. The zero-order chi connectivity index (χ0) is 24.9. The van der Waals surface area contributed by atoms with Gasteiger partial charge in [-0.15, -0.1) is 11.8 Å². The van der Waals surface area contributed by atoms with E-state index in [1.165, 1.54) is 42.1 Å². The summed E-state index contributed by atoms with van der Waals surface area (Å²) in [5, 5.41) is 2.94. The van der Waals surface area contributed by atoms with E-state index < -0.39 is 28.3 Å². The molecule has 0 bridgehead atoms. The third kappa shape index (κ3) is 5.98. The molecule has 1 amide bonds. The number of nitrogens with one attached hydrogen (secondary N) is 1. The lowest BCUT2D eigenvalue weighted by atomic mass is 9.99.